The third-order valence-corrected chi connectivity index (χ3v) is 4.76. The molecule has 0 spiro atoms. The third-order valence-electron chi connectivity index (χ3n) is 3.58. The zero-order valence-electron chi connectivity index (χ0n) is 11.5. The Kier molecular flexibility index (Phi) is 6.69. The van der Waals surface area contributed by atoms with E-state index in [1.165, 1.54) is 0 Å². The minimum atomic E-state index is -2.03. The van der Waals surface area contributed by atoms with Crippen LogP contribution in [0, 0.1) is 0 Å². The summed E-state index contributed by atoms with van der Waals surface area (Å²) in [6.45, 7) is 12.1. The maximum Gasteiger partial charge on any atom is 0.698 e. The van der Waals surface area contributed by atoms with Crippen molar-refractivity contribution in [1.29, 1.82) is 0 Å². The Labute approximate surface area is 101 Å². The van der Waals surface area contributed by atoms with E-state index < -0.39 is 8.25 Å². The van der Waals surface area contributed by atoms with Crippen LogP contribution in [0.3, 0.4) is 0 Å². The second-order valence-corrected chi connectivity index (χ2v) is 5.53. The van der Waals surface area contributed by atoms with Crippen molar-refractivity contribution in [3.8, 4) is 0 Å². The normalized spacial score (nSPS) is 12.9. The molecule has 4 heteroatoms. The first-order chi connectivity index (χ1) is 7.34. The highest BCUT2D eigenvalue weighted by molar-refractivity contribution is 7.33. The lowest BCUT2D eigenvalue weighted by molar-refractivity contribution is 0.0206. The first kappa shape index (κ1) is 16.0. The van der Waals surface area contributed by atoms with Gasteiger partial charge in [0.1, 0.15) is 11.2 Å². The van der Waals surface area contributed by atoms with Gasteiger partial charge >= 0.3 is 8.25 Å². The topological polar surface area (TPSA) is 35.5 Å². The monoisotopic (exact) mass is 249 g/mol. The Morgan fingerprint density at radius 3 is 1.25 bits per heavy atom. The predicted molar refractivity (Wildman–Crippen MR) is 67.8 cm³/mol. The zero-order valence-corrected chi connectivity index (χ0v) is 12.4. The summed E-state index contributed by atoms with van der Waals surface area (Å²) in [5.41, 5.74) is -0.675. The van der Waals surface area contributed by atoms with Gasteiger partial charge in [0.15, 0.2) is 0 Å². The minimum Gasteiger partial charge on any atom is -0.113 e. The van der Waals surface area contributed by atoms with Crippen LogP contribution < -0.4 is 0 Å². The molecule has 0 atom stereocenters. The molecule has 0 saturated heterocycles. The molecular formula is C12H26O3P+. The van der Waals surface area contributed by atoms with Gasteiger partial charge in [0.25, 0.3) is 0 Å². The molecule has 0 amide bonds. The van der Waals surface area contributed by atoms with E-state index in [1.807, 2.05) is 41.5 Å². The van der Waals surface area contributed by atoms with E-state index in [-0.39, 0.29) is 11.2 Å². The van der Waals surface area contributed by atoms with Crippen LogP contribution in [0.4, 0.5) is 0 Å². The van der Waals surface area contributed by atoms with E-state index in [0.717, 1.165) is 25.7 Å². The van der Waals surface area contributed by atoms with Gasteiger partial charge in [-0.15, -0.1) is 9.05 Å². The summed E-state index contributed by atoms with van der Waals surface area (Å²) in [5.74, 6) is 0. The van der Waals surface area contributed by atoms with Gasteiger partial charge in [0.2, 0.25) is 0 Å². The fourth-order valence-corrected chi connectivity index (χ4v) is 2.41. The smallest absolute Gasteiger partial charge is 0.113 e. The van der Waals surface area contributed by atoms with Crippen molar-refractivity contribution in [2.75, 3.05) is 0 Å². The van der Waals surface area contributed by atoms with E-state index in [2.05, 4.69) is 0 Å². The summed E-state index contributed by atoms with van der Waals surface area (Å²) in [5, 5.41) is 0. The van der Waals surface area contributed by atoms with E-state index in [4.69, 9.17) is 9.05 Å². The molecular weight excluding hydrogens is 223 g/mol. The van der Waals surface area contributed by atoms with Gasteiger partial charge in [-0.3, -0.25) is 0 Å². The molecule has 0 rings (SSSR count). The molecule has 0 fully saturated rings. The number of hydrogen-bond donors (Lipinski definition) is 0. The third kappa shape index (κ3) is 4.90. The van der Waals surface area contributed by atoms with Gasteiger partial charge in [-0.1, -0.05) is 27.7 Å². The molecule has 0 radical (unpaired) electrons. The average molecular weight is 249 g/mol. The number of rotatable bonds is 8. The highest BCUT2D eigenvalue weighted by Crippen LogP contribution is 2.40. The largest absolute Gasteiger partial charge is 0.698 e. The van der Waals surface area contributed by atoms with Crippen LogP contribution in [0.15, 0.2) is 0 Å². The first-order valence-corrected chi connectivity index (χ1v) is 7.29. The molecule has 0 heterocycles. The maximum absolute atomic E-state index is 11.8. The summed E-state index contributed by atoms with van der Waals surface area (Å²) in [6, 6.07) is 0. The summed E-state index contributed by atoms with van der Waals surface area (Å²) in [7, 11) is -2.03. The molecule has 0 aliphatic carbocycles. The summed E-state index contributed by atoms with van der Waals surface area (Å²) in [6.07, 6.45) is 3.34. The van der Waals surface area contributed by atoms with Crippen molar-refractivity contribution in [1.82, 2.24) is 0 Å². The van der Waals surface area contributed by atoms with E-state index >= 15 is 0 Å². The van der Waals surface area contributed by atoms with Gasteiger partial charge in [0.05, 0.1) is 0 Å². The van der Waals surface area contributed by atoms with Crippen LogP contribution in [-0.4, -0.2) is 11.2 Å². The molecule has 0 aliphatic heterocycles. The van der Waals surface area contributed by atoms with Gasteiger partial charge in [0, 0.05) is 4.57 Å². The van der Waals surface area contributed by atoms with E-state index in [9.17, 15) is 4.57 Å². The standard InChI is InChI=1S/C12H26O3P/c1-7-11(5,8-2)14-16(13)15-12(6,9-3)10-4/h7-10H2,1-6H3/q+1. The quantitative estimate of drug-likeness (QED) is 0.578. The Morgan fingerprint density at radius 1 is 0.812 bits per heavy atom. The van der Waals surface area contributed by atoms with Crippen LogP contribution >= 0.6 is 8.25 Å². The average Bonchev–Trinajstić information content (AvgIpc) is 2.28. The molecule has 0 aliphatic rings. The van der Waals surface area contributed by atoms with Crippen molar-refractivity contribution in [2.24, 2.45) is 0 Å². The predicted octanol–water partition coefficient (Wildman–Crippen LogP) is 4.83. The Bertz CT molecular complexity index is 198. The van der Waals surface area contributed by atoms with Gasteiger partial charge in [-0.05, 0) is 39.5 Å². The van der Waals surface area contributed by atoms with Crippen LogP contribution in [-0.2, 0) is 13.6 Å². The summed E-state index contributed by atoms with van der Waals surface area (Å²) in [4.78, 5) is 0. The summed E-state index contributed by atoms with van der Waals surface area (Å²) < 4.78 is 22.9. The van der Waals surface area contributed by atoms with Crippen molar-refractivity contribution in [3.05, 3.63) is 0 Å². The second kappa shape index (κ2) is 6.68. The molecule has 0 bridgehead atoms. The first-order valence-electron chi connectivity index (χ1n) is 6.20. The van der Waals surface area contributed by atoms with Crippen molar-refractivity contribution in [2.45, 2.75) is 78.4 Å². The fraction of sp³-hybridized carbons (Fsp3) is 1.00. The molecule has 3 nitrogen and oxygen atoms in total. The molecule has 96 valence electrons. The second-order valence-electron chi connectivity index (χ2n) is 4.72. The zero-order chi connectivity index (χ0) is 12.8. The molecule has 16 heavy (non-hydrogen) atoms. The number of hydrogen-bond acceptors (Lipinski definition) is 3. The van der Waals surface area contributed by atoms with Crippen molar-refractivity contribution < 1.29 is 13.6 Å². The van der Waals surface area contributed by atoms with E-state index in [1.54, 1.807) is 0 Å². The lowest BCUT2D eigenvalue weighted by Crippen LogP contribution is -2.27. The molecule has 0 saturated carbocycles. The van der Waals surface area contributed by atoms with Crippen molar-refractivity contribution >= 4 is 8.25 Å². The Morgan fingerprint density at radius 2 is 1.06 bits per heavy atom. The maximum atomic E-state index is 11.8. The van der Waals surface area contributed by atoms with Crippen LogP contribution in [0.25, 0.3) is 0 Å². The molecule has 0 aromatic rings. The van der Waals surface area contributed by atoms with Crippen LogP contribution in [0.2, 0.25) is 0 Å². The minimum absolute atomic E-state index is 0.337. The lowest BCUT2D eigenvalue weighted by atomic mass is 10.0. The Balaban J connectivity index is 4.38. The van der Waals surface area contributed by atoms with Crippen molar-refractivity contribution in [3.63, 3.8) is 0 Å². The molecule has 0 unspecified atom stereocenters. The SMILES string of the molecule is CCC(C)(CC)O[P+](=O)OC(C)(CC)CC. The Hall–Kier alpha value is 0.0200. The highest BCUT2D eigenvalue weighted by Gasteiger charge is 2.40. The molecule has 0 N–H and O–H groups in total. The highest BCUT2D eigenvalue weighted by atomic mass is 31.1. The molecule has 0 aromatic carbocycles. The van der Waals surface area contributed by atoms with Gasteiger partial charge < -0.3 is 0 Å². The molecule has 0 aromatic heterocycles. The fourth-order valence-electron chi connectivity index (χ4n) is 1.14. The summed E-state index contributed by atoms with van der Waals surface area (Å²) >= 11 is 0. The van der Waals surface area contributed by atoms with Crippen LogP contribution in [0.1, 0.15) is 67.2 Å². The van der Waals surface area contributed by atoms with Crippen LogP contribution in [0.5, 0.6) is 0 Å². The lowest BCUT2D eigenvalue weighted by Gasteiger charge is -2.22. The van der Waals surface area contributed by atoms with E-state index in [0.29, 0.717) is 0 Å². The van der Waals surface area contributed by atoms with Gasteiger partial charge in [-0.25, -0.2) is 0 Å². The van der Waals surface area contributed by atoms with Gasteiger partial charge in [-0.2, -0.15) is 0 Å².